The molecule has 2 aromatic rings. The molecule has 1 saturated carbocycles. The van der Waals surface area contributed by atoms with Gasteiger partial charge in [0.15, 0.2) is 0 Å². The Morgan fingerprint density at radius 3 is 2.26 bits per heavy atom. The van der Waals surface area contributed by atoms with Gasteiger partial charge in [-0.15, -0.1) is 0 Å². The van der Waals surface area contributed by atoms with E-state index in [9.17, 15) is 8.42 Å². The van der Waals surface area contributed by atoms with Gasteiger partial charge < -0.3 is 0 Å². The van der Waals surface area contributed by atoms with Crippen LogP contribution in [0.4, 0.5) is 0 Å². The lowest BCUT2D eigenvalue weighted by Gasteiger charge is -2.38. The summed E-state index contributed by atoms with van der Waals surface area (Å²) in [6, 6.07) is 12.8. The average molecular weight is 502 g/mol. The average Bonchev–Trinajstić information content (AvgIpc) is 3.17. The van der Waals surface area contributed by atoms with Crippen LogP contribution in [0.15, 0.2) is 47.4 Å². The molecule has 168 valence electrons. The van der Waals surface area contributed by atoms with Crippen molar-refractivity contribution in [3.8, 4) is 0 Å². The van der Waals surface area contributed by atoms with E-state index in [2.05, 4.69) is 21.8 Å². The van der Waals surface area contributed by atoms with Crippen molar-refractivity contribution in [1.82, 2.24) is 9.62 Å². The second kappa shape index (κ2) is 9.98. The zero-order valence-corrected chi connectivity index (χ0v) is 20.3. The molecule has 2 fully saturated rings. The number of likely N-dealkylation sites (tertiary alicyclic amines) is 1. The summed E-state index contributed by atoms with van der Waals surface area (Å²) in [6.45, 7) is 2.01. The molecular weight excluding hydrogens is 475 g/mol. The smallest absolute Gasteiger partial charge is 0.242 e. The van der Waals surface area contributed by atoms with Crippen molar-refractivity contribution < 1.29 is 8.42 Å². The van der Waals surface area contributed by atoms with E-state index >= 15 is 0 Å². The number of sulfonamides is 1. The van der Waals surface area contributed by atoms with Gasteiger partial charge >= 0.3 is 0 Å². The van der Waals surface area contributed by atoms with Gasteiger partial charge in [-0.3, -0.25) is 4.90 Å². The van der Waals surface area contributed by atoms with Gasteiger partial charge in [0.25, 0.3) is 0 Å². The lowest BCUT2D eigenvalue weighted by Crippen LogP contribution is -2.51. The van der Waals surface area contributed by atoms with E-state index < -0.39 is 10.0 Å². The maximum absolute atomic E-state index is 13.0. The van der Waals surface area contributed by atoms with E-state index in [-0.39, 0.29) is 22.0 Å². The zero-order valence-electron chi connectivity index (χ0n) is 17.2. The SMILES string of the molecule is O=S(=O)(NC1CCCC1N1CCC(Cc2ccc(Cl)cc2)CC1)c1ccc(Cl)cc1Cl. The summed E-state index contributed by atoms with van der Waals surface area (Å²) >= 11 is 18.1. The molecule has 1 saturated heterocycles. The van der Waals surface area contributed by atoms with Crippen LogP contribution in [0.1, 0.15) is 37.7 Å². The highest BCUT2D eigenvalue weighted by Crippen LogP contribution is 2.32. The molecule has 1 aliphatic heterocycles. The minimum Gasteiger partial charge on any atom is -0.299 e. The van der Waals surface area contributed by atoms with E-state index in [4.69, 9.17) is 34.8 Å². The maximum atomic E-state index is 13.0. The number of hydrogen-bond acceptors (Lipinski definition) is 3. The highest BCUT2D eigenvalue weighted by molar-refractivity contribution is 7.89. The van der Waals surface area contributed by atoms with Gasteiger partial charge in [-0.25, -0.2) is 13.1 Å². The number of nitrogens with zero attached hydrogens (tertiary/aromatic N) is 1. The summed E-state index contributed by atoms with van der Waals surface area (Å²) in [7, 11) is -3.70. The fourth-order valence-corrected chi connectivity index (χ4v) is 7.12. The molecule has 0 bridgehead atoms. The standard InChI is InChI=1S/C23H27Cl3N2O2S/c24-18-6-4-16(5-7-18)14-17-10-12-28(13-11-17)22-3-1-2-21(22)27-31(29,30)23-9-8-19(25)15-20(23)26/h4-9,15,17,21-22,27H,1-3,10-14H2. The maximum Gasteiger partial charge on any atom is 0.242 e. The Labute approximate surface area is 199 Å². The first-order valence-electron chi connectivity index (χ1n) is 10.8. The Hall–Kier alpha value is -0.820. The van der Waals surface area contributed by atoms with Crippen molar-refractivity contribution in [3.05, 3.63) is 63.1 Å². The molecule has 1 N–H and O–H groups in total. The van der Waals surface area contributed by atoms with Crippen molar-refractivity contribution in [2.24, 2.45) is 5.92 Å². The largest absolute Gasteiger partial charge is 0.299 e. The number of piperidine rings is 1. The van der Waals surface area contributed by atoms with Crippen LogP contribution in [0.5, 0.6) is 0 Å². The van der Waals surface area contributed by atoms with Crippen LogP contribution >= 0.6 is 34.8 Å². The van der Waals surface area contributed by atoms with Crippen molar-refractivity contribution >= 4 is 44.8 Å². The molecule has 8 heteroatoms. The highest BCUT2D eigenvalue weighted by atomic mass is 35.5. The summed E-state index contributed by atoms with van der Waals surface area (Å²) < 4.78 is 28.8. The third-order valence-corrected chi connectivity index (χ3v) is 8.99. The normalized spacial score (nSPS) is 23.3. The number of halogens is 3. The molecule has 2 unspecified atom stereocenters. The van der Waals surface area contributed by atoms with Gasteiger partial charge in [-0.1, -0.05) is 53.4 Å². The van der Waals surface area contributed by atoms with Gasteiger partial charge in [0.1, 0.15) is 4.90 Å². The fourth-order valence-electron chi connectivity index (χ4n) is 4.91. The van der Waals surface area contributed by atoms with Crippen LogP contribution in [0.2, 0.25) is 15.1 Å². The van der Waals surface area contributed by atoms with E-state index in [1.54, 1.807) is 6.07 Å². The Bertz CT molecular complexity index is 1010. The molecule has 4 rings (SSSR count). The van der Waals surface area contributed by atoms with Gasteiger partial charge in [-0.2, -0.15) is 0 Å². The van der Waals surface area contributed by atoms with Gasteiger partial charge in [0.2, 0.25) is 10.0 Å². The summed E-state index contributed by atoms with van der Waals surface area (Å²) in [5.74, 6) is 0.654. The molecule has 0 aromatic heterocycles. The third-order valence-electron chi connectivity index (χ3n) is 6.53. The molecule has 1 aliphatic carbocycles. The van der Waals surface area contributed by atoms with E-state index in [1.165, 1.54) is 17.7 Å². The van der Waals surface area contributed by atoms with Crippen molar-refractivity contribution in [2.45, 2.75) is 55.5 Å². The number of nitrogens with one attached hydrogen (secondary N) is 1. The molecule has 0 amide bonds. The molecule has 2 aliphatic rings. The number of benzene rings is 2. The van der Waals surface area contributed by atoms with Crippen LogP contribution in [0, 0.1) is 5.92 Å². The molecular formula is C23H27Cl3N2O2S. The van der Waals surface area contributed by atoms with Crippen LogP contribution in [0.25, 0.3) is 0 Å². The molecule has 0 spiro atoms. The lowest BCUT2D eigenvalue weighted by molar-refractivity contribution is 0.122. The topological polar surface area (TPSA) is 49.4 Å². The Morgan fingerprint density at radius 1 is 0.903 bits per heavy atom. The first-order chi connectivity index (χ1) is 14.8. The molecule has 4 nitrogen and oxygen atoms in total. The molecule has 31 heavy (non-hydrogen) atoms. The molecule has 0 radical (unpaired) electrons. The second-order valence-corrected chi connectivity index (χ2v) is 11.6. The highest BCUT2D eigenvalue weighted by Gasteiger charge is 2.37. The molecule has 1 heterocycles. The minimum atomic E-state index is -3.70. The zero-order chi connectivity index (χ0) is 22.0. The van der Waals surface area contributed by atoms with Gasteiger partial charge in [0, 0.05) is 22.1 Å². The van der Waals surface area contributed by atoms with E-state index in [1.807, 2.05) is 12.1 Å². The van der Waals surface area contributed by atoms with E-state index in [0.717, 1.165) is 56.6 Å². The Morgan fingerprint density at radius 2 is 1.58 bits per heavy atom. The molecule has 2 aromatic carbocycles. The summed E-state index contributed by atoms with van der Waals surface area (Å²) in [6.07, 6.45) is 6.21. The predicted molar refractivity (Wildman–Crippen MR) is 128 cm³/mol. The van der Waals surface area contributed by atoms with Crippen LogP contribution < -0.4 is 4.72 Å². The number of hydrogen-bond donors (Lipinski definition) is 1. The predicted octanol–water partition coefficient (Wildman–Crippen LogP) is 5.80. The van der Waals surface area contributed by atoms with Crippen LogP contribution in [-0.2, 0) is 16.4 Å². The number of rotatable bonds is 6. The second-order valence-electron chi connectivity index (χ2n) is 8.61. The van der Waals surface area contributed by atoms with Gasteiger partial charge in [0.05, 0.1) is 5.02 Å². The van der Waals surface area contributed by atoms with Gasteiger partial charge in [-0.05, 0) is 87.0 Å². The monoisotopic (exact) mass is 500 g/mol. The fraction of sp³-hybridized carbons (Fsp3) is 0.478. The van der Waals surface area contributed by atoms with Crippen LogP contribution in [-0.4, -0.2) is 38.5 Å². The quantitative estimate of drug-likeness (QED) is 0.544. The first kappa shape index (κ1) is 23.3. The Balaban J connectivity index is 1.36. The minimum absolute atomic E-state index is 0.0888. The summed E-state index contributed by atoms with van der Waals surface area (Å²) in [4.78, 5) is 2.56. The summed E-state index contributed by atoms with van der Waals surface area (Å²) in [5, 5.41) is 1.34. The lowest BCUT2D eigenvalue weighted by atomic mass is 9.89. The van der Waals surface area contributed by atoms with Crippen molar-refractivity contribution in [3.63, 3.8) is 0 Å². The van der Waals surface area contributed by atoms with E-state index in [0.29, 0.717) is 10.9 Å². The summed E-state index contributed by atoms with van der Waals surface area (Å²) in [5.41, 5.74) is 1.33. The van der Waals surface area contributed by atoms with Crippen LogP contribution in [0.3, 0.4) is 0 Å². The third kappa shape index (κ3) is 5.76. The van der Waals surface area contributed by atoms with Crippen molar-refractivity contribution in [1.29, 1.82) is 0 Å². The molecule has 2 atom stereocenters. The Kier molecular flexibility index (Phi) is 7.52. The van der Waals surface area contributed by atoms with Crippen molar-refractivity contribution in [2.75, 3.05) is 13.1 Å². The first-order valence-corrected chi connectivity index (χ1v) is 13.4.